The molecule has 1 fully saturated rings. The zero-order valence-corrected chi connectivity index (χ0v) is 19.6. The Morgan fingerprint density at radius 1 is 1.09 bits per heavy atom. The summed E-state index contributed by atoms with van der Waals surface area (Å²) in [4.78, 5) is 28.5. The van der Waals surface area contributed by atoms with E-state index in [2.05, 4.69) is 40.5 Å². The largest absolute Gasteiger partial charge is 0.454 e. The lowest BCUT2D eigenvalue weighted by atomic mass is 9.93. The molecule has 1 aromatic heterocycles. The Hall–Kier alpha value is -3.32. The fraction of sp³-hybridized carbons (Fsp3) is 0.407. The zero-order chi connectivity index (χ0) is 23.5. The number of likely N-dealkylation sites (tertiary alicyclic amines) is 1. The molecule has 0 radical (unpaired) electrons. The summed E-state index contributed by atoms with van der Waals surface area (Å²) in [5.41, 5.74) is 2.00. The number of amides is 1. The molecule has 7 heteroatoms. The number of benzene rings is 2. The molecule has 7 nitrogen and oxygen atoms in total. The third kappa shape index (κ3) is 4.66. The minimum atomic E-state index is -0.312. The van der Waals surface area contributed by atoms with Crippen LogP contribution in [0.5, 0.6) is 11.5 Å². The molecule has 0 atom stereocenters. The quantitative estimate of drug-likeness (QED) is 0.580. The number of fused-ring (bicyclic) bond motifs is 2. The first-order chi connectivity index (χ1) is 16.6. The van der Waals surface area contributed by atoms with Gasteiger partial charge in [0.2, 0.25) is 12.2 Å². The average Bonchev–Trinajstić information content (AvgIpc) is 3.33. The van der Waals surface area contributed by atoms with E-state index < -0.39 is 0 Å². The molecule has 178 valence electrons. The number of aryl methyl sites for hydroxylation is 1. The van der Waals surface area contributed by atoms with Crippen LogP contribution < -0.4 is 20.2 Å². The van der Waals surface area contributed by atoms with Crippen molar-refractivity contribution in [3.05, 3.63) is 70.0 Å². The molecule has 3 aromatic rings. The number of hydrogen-bond donors (Lipinski definition) is 1. The lowest BCUT2D eigenvalue weighted by Gasteiger charge is -2.32. The molecule has 2 aliphatic rings. The first kappa shape index (κ1) is 22.5. The Labute approximate surface area is 199 Å². The molecular weight excluding hydrogens is 430 g/mol. The van der Waals surface area contributed by atoms with E-state index in [0.717, 1.165) is 44.4 Å². The maximum atomic E-state index is 13.1. The van der Waals surface area contributed by atoms with Gasteiger partial charge in [-0.15, -0.1) is 0 Å². The van der Waals surface area contributed by atoms with Crippen molar-refractivity contribution >= 4 is 16.8 Å². The molecule has 0 aliphatic carbocycles. The van der Waals surface area contributed by atoms with Crippen LogP contribution in [0.3, 0.4) is 0 Å². The van der Waals surface area contributed by atoms with E-state index in [1.807, 2.05) is 17.6 Å². The molecule has 5 rings (SSSR count). The van der Waals surface area contributed by atoms with E-state index in [1.165, 1.54) is 5.56 Å². The van der Waals surface area contributed by atoms with Gasteiger partial charge in [0.15, 0.2) is 11.5 Å². The highest BCUT2D eigenvalue weighted by molar-refractivity contribution is 5.97. The zero-order valence-electron chi connectivity index (χ0n) is 19.6. The lowest BCUT2D eigenvalue weighted by Crippen LogP contribution is -2.35. The highest BCUT2D eigenvalue weighted by atomic mass is 16.7. The number of carbonyl (C=O) groups is 1. The van der Waals surface area contributed by atoms with Crippen LogP contribution in [-0.2, 0) is 13.1 Å². The van der Waals surface area contributed by atoms with Crippen molar-refractivity contribution in [3.63, 3.8) is 0 Å². The molecule has 2 aliphatic heterocycles. The number of nitrogens with one attached hydrogen (secondary N) is 1. The summed E-state index contributed by atoms with van der Waals surface area (Å²) in [5.74, 6) is 1.45. The van der Waals surface area contributed by atoms with Crippen molar-refractivity contribution < 1.29 is 14.3 Å². The second kappa shape index (κ2) is 9.89. The molecule has 0 saturated carbocycles. The van der Waals surface area contributed by atoms with Crippen molar-refractivity contribution in [1.29, 1.82) is 0 Å². The van der Waals surface area contributed by atoms with Crippen LogP contribution in [0.4, 0.5) is 0 Å². The van der Waals surface area contributed by atoms with Gasteiger partial charge in [0.25, 0.3) is 5.91 Å². The number of hydrogen-bond acceptors (Lipinski definition) is 5. The van der Waals surface area contributed by atoms with Gasteiger partial charge < -0.3 is 19.4 Å². The van der Waals surface area contributed by atoms with Crippen LogP contribution in [-0.4, -0.2) is 41.8 Å². The van der Waals surface area contributed by atoms with E-state index in [-0.39, 0.29) is 23.7 Å². The molecule has 0 bridgehead atoms. The van der Waals surface area contributed by atoms with Crippen molar-refractivity contribution in [2.75, 3.05) is 26.4 Å². The number of rotatable bonds is 7. The van der Waals surface area contributed by atoms with Gasteiger partial charge in [-0.2, -0.15) is 0 Å². The Balaban J connectivity index is 1.18. The maximum absolute atomic E-state index is 13.1. The van der Waals surface area contributed by atoms with Gasteiger partial charge in [-0.05, 0) is 56.8 Å². The van der Waals surface area contributed by atoms with Crippen LogP contribution in [0, 0.1) is 5.92 Å². The van der Waals surface area contributed by atoms with Crippen LogP contribution in [0.2, 0.25) is 0 Å². The highest BCUT2D eigenvalue weighted by Gasteiger charge is 2.22. The van der Waals surface area contributed by atoms with Gasteiger partial charge in [-0.1, -0.05) is 30.3 Å². The maximum Gasteiger partial charge on any atom is 0.256 e. The summed E-state index contributed by atoms with van der Waals surface area (Å²) >= 11 is 0. The fourth-order valence-electron chi connectivity index (χ4n) is 4.96. The van der Waals surface area contributed by atoms with E-state index in [0.29, 0.717) is 35.9 Å². The van der Waals surface area contributed by atoms with E-state index in [4.69, 9.17) is 9.47 Å². The Kier molecular flexibility index (Phi) is 6.54. The summed E-state index contributed by atoms with van der Waals surface area (Å²) in [6.07, 6.45) is 4.85. The number of carbonyl (C=O) groups excluding carboxylic acids is 1. The summed E-state index contributed by atoms with van der Waals surface area (Å²) in [6, 6.07) is 14.1. The van der Waals surface area contributed by atoms with Gasteiger partial charge >= 0.3 is 0 Å². The van der Waals surface area contributed by atoms with Crippen LogP contribution in [0.25, 0.3) is 10.9 Å². The minimum Gasteiger partial charge on any atom is -0.454 e. The fourth-order valence-corrected chi connectivity index (χ4v) is 4.96. The van der Waals surface area contributed by atoms with Gasteiger partial charge in [0.05, 0.1) is 10.9 Å². The summed E-state index contributed by atoms with van der Waals surface area (Å²) in [7, 11) is 0. The molecular formula is C27H31N3O4. The van der Waals surface area contributed by atoms with Gasteiger partial charge in [0, 0.05) is 31.9 Å². The third-order valence-electron chi connectivity index (χ3n) is 6.95. The van der Waals surface area contributed by atoms with Crippen molar-refractivity contribution in [3.8, 4) is 11.5 Å². The normalized spacial score (nSPS) is 16.1. The molecule has 0 unspecified atom stereocenters. The van der Waals surface area contributed by atoms with Crippen LogP contribution in [0.1, 0.15) is 42.1 Å². The van der Waals surface area contributed by atoms with E-state index in [9.17, 15) is 9.59 Å². The van der Waals surface area contributed by atoms with E-state index >= 15 is 0 Å². The van der Waals surface area contributed by atoms with Crippen LogP contribution >= 0.6 is 0 Å². The van der Waals surface area contributed by atoms with Gasteiger partial charge in [0.1, 0.15) is 5.56 Å². The highest BCUT2D eigenvalue weighted by Crippen LogP contribution is 2.35. The summed E-state index contributed by atoms with van der Waals surface area (Å²) < 4.78 is 12.8. The first-order valence-corrected chi connectivity index (χ1v) is 12.1. The van der Waals surface area contributed by atoms with Gasteiger partial charge in [-0.3, -0.25) is 14.5 Å². The number of ether oxygens (including phenoxy) is 2. The monoisotopic (exact) mass is 461 g/mol. The summed E-state index contributed by atoms with van der Waals surface area (Å²) in [6.45, 7) is 6.50. The van der Waals surface area contributed by atoms with E-state index in [1.54, 1.807) is 12.3 Å². The molecule has 0 spiro atoms. The Morgan fingerprint density at radius 2 is 1.82 bits per heavy atom. The second-order valence-electron chi connectivity index (χ2n) is 9.13. The third-order valence-corrected chi connectivity index (χ3v) is 6.95. The van der Waals surface area contributed by atoms with Crippen LogP contribution in [0.15, 0.2) is 53.5 Å². The Bertz CT molecular complexity index is 1230. The number of nitrogens with zero attached hydrogens (tertiary/aromatic N) is 2. The summed E-state index contributed by atoms with van der Waals surface area (Å²) in [5, 5.41) is 3.46. The molecule has 34 heavy (non-hydrogen) atoms. The van der Waals surface area contributed by atoms with Gasteiger partial charge in [-0.25, -0.2) is 0 Å². The first-order valence-electron chi connectivity index (χ1n) is 12.1. The SMILES string of the molecule is CCn1cc(C(=O)NCCC2CCN(Cc3ccccc3)CC2)c(=O)c2cc3c(cc21)OCO3. The molecule has 2 aromatic carbocycles. The Morgan fingerprint density at radius 3 is 2.56 bits per heavy atom. The van der Waals surface area contributed by atoms with Crippen molar-refractivity contribution in [1.82, 2.24) is 14.8 Å². The predicted molar refractivity (Wildman–Crippen MR) is 131 cm³/mol. The molecule has 3 heterocycles. The number of aromatic nitrogens is 1. The lowest BCUT2D eigenvalue weighted by molar-refractivity contribution is 0.0946. The second-order valence-corrected chi connectivity index (χ2v) is 9.13. The molecule has 1 saturated heterocycles. The molecule has 1 N–H and O–H groups in total. The average molecular weight is 462 g/mol. The predicted octanol–water partition coefficient (Wildman–Crippen LogP) is 3.78. The number of pyridine rings is 1. The molecule has 1 amide bonds. The van der Waals surface area contributed by atoms with Crippen molar-refractivity contribution in [2.24, 2.45) is 5.92 Å². The van der Waals surface area contributed by atoms with Crippen molar-refractivity contribution in [2.45, 2.75) is 39.3 Å². The minimum absolute atomic E-state index is 0.143. The topological polar surface area (TPSA) is 72.8 Å². The standard InChI is InChI=1S/C27H31N3O4/c1-2-30-17-22(26(31)21-14-24-25(15-23(21)30)34-18-33-24)27(32)28-11-8-19-9-12-29(13-10-19)16-20-6-4-3-5-7-20/h3-7,14-15,17,19H,2,8-13,16,18H2,1H3,(H,28,32). The number of piperidine rings is 1. The smallest absolute Gasteiger partial charge is 0.256 e.